The SMILES string of the molecule is CN1C[C@@]2(CCN(C(=O)c3scc4c3OCCO4)C2)OC1=O. The van der Waals surface area contributed by atoms with Crippen LogP contribution in [0.5, 0.6) is 11.5 Å². The van der Waals surface area contributed by atoms with Crippen molar-refractivity contribution in [2.45, 2.75) is 12.0 Å². The van der Waals surface area contributed by atoms with Gasteiger partial charge in [0.15, 0.2) is 17.1 Å². The lowest BCUT2D eigenvalue weighted by Gasteiger charge is -2.22. The van der Waals surface area contributed by atoms with Crippen LogP contribution in [0.15, 0.2) is 5.38 Å². The van der Waals surface area contributed by atoms with Crippen molar-refractivity contribution in [1.29, 1.82) is 0 Å². The van der Waals surface area contributed by atoms with Gasteiger partial charge in [-0.05, 0) is 0 Å². The molecule has 1 atom stereocenters. The summed E-state index contributed by atoms with van der Waals surface area (Å²) in [5.74, 6) is 1.10. The third-order valence-electron chi connectivity index (χ3n) is 4.24. The van der Waals surface area contributed by atoms with Gasteiger partial charge in [0.05, 0.1) is 13.1 Å². The molecule has 0 saturated carbocycles. The topological polar surface area (TPSA) is 68.3 Å². The highest BCUT2D eigenvalue weighted by atomic mass is 32.1. The van der Waals surface area contributed by atoms with E-state index >= 15 is 0 Å². The predicted octanol–water partition coefficient (Wildman–Crippen LogP) is 1.19. The van der Waals surface area contributed by atoms with E-state index in [9.17, 15) is 9.59 Å². The van der Waals surface area contributed by atoms with Crippen molar-refractivity contribution in [1.82, 2.24) is 9.80 Å². The van der Waals surface area contributed by atoms with Gasteiger partial charge in [0.25, 0.3) is 5.91 Å². The van der Waals surface area contributed by atoms with Crippen molar-refractivity contribution in [3.05, 3.63) is 10.3 Å². The summed E-state index contributed by atoms with van der Waals surface area (Å²) >= 11 is 1.33. The number of likely N-dealkylation sites (N-methyl/N-ethyl adjacent to an activating group) is 1. The number of likely N-dealkylation sites (tertiary alicyclic amines) is 1. The molecular formula is C14H16N2O5S. The average Bonchev–Trinajstić information content (AvgIpc) is 3.17. The maximum Gasteiger partial charge on any atom is 0.410 e. The van der Waals surface area contributed by atoms with Gasteiger partial charge in [0.2, 0.25) is 0 Å². The number of fused-ring (bicyclic) bond motifs is 1. The van der Waals surface area contributed by atoms with Crippen LogP contribution in [0.4, 0.5) is 4.79 Å². The van der Waals surface area contributed by atoms with Crippen LogP contribution in [-0.2, 0) is 4.74 Å². The summed E-state index contributed by atoms with van der Waals surface area (Å²) in [6, 6.07) is 0. The van der Waals surface area contributed by atoms with Crippen molar-refractivity contribution >= 4 is 23.3 Å². The monoisotopic (exact) mass is 324 g/mol. The molecule has 1 aromatic heterocycles. The van der Waals surface area contributed by atoms with Crippen LogP contribution in [-0.4, -0.2) is 67.3 Å². The molecule has 22 heavy (non-hydrogen) atoms. The number of ether oxygens (including phenoxy) is 3. The first-order chi connectivity index (χ1) is 10.6. The van der Waals surface area contributed by atoms with Crippen LogP contribution in [0.3, 0.4) is 0 Å². The summed E-state index contributed by atoms with van der Waals surface area (Å²) in [7, 11) is 1.71. The van der Waals surface area contributed by atoms with E-state index in [0.717, 1.165) is 0 Å². The van der Waals surface area contributed by atoms with E-state index in [2.05, 4.69) is 0 Å². The molecule has 7 nitrogen and oxygen atoms in total. The minimum Gasteiger partial charge on any atom is -0.485 e. The first-order valence-corrected chi connectivity index (χ1v) is 8.06. The quantitative estimate of drug-likeness (QED) is 0.776. The molecule has 4 rings (SSSR count). The molecule has 118 valence electrons. The number of hydrogen-bond donors (Lipinski definition) is 0. The molecule has 8 heteroatoms. The van der Waals surface area contributed by atoms with E-state index in [1.54, 1.807) is 22.2 Å². The second kappa shape index (κ2) is 4.77. The fraction of sp³-hybridized carbons (Fsp3) is 0.571. The van der Waals surface area contributed by atoms with Crippen LogP contribution in [0.25, 0.3) is 0 Å². The largest absolute Gasteiger partial charge is 0.485 e. The van der Waals surface area contributed by atoms with Gasteiger partial charge in [-0.25, -0.2) is 4.79 Å². The lowest BCUT2D eigenvalue weighted by atomic mass is 10.0. The Morgan fingerprint density at radius 3 is 2.91 bits per heavy atom. The maximum absolute atomic E-state index is 12.7. The van der Waals surface area contributed by atoms with Crippen molar-refractivity contribution < 1.29 is 23.8 Å². The molecular weight excluding hydrogens is 308 g/mol. The van der Waals surface area contributed by atoms with Crippen LogP contribution in [0, 0.1) is 0 Å². The average molecular weight is 324 g/mol. The Kier molecular flexibility index (Phi) is 2.97. The molecule has 0 bridgehead atoms. The Labute approximate surface area is 131 Å². The zero-order chi connectivity index (χ0) is 15.3. The molecule has 0 N–H and O–H groups in total. The first kappa shape index (κ1) is 13.7. The van der Waals surface area contributed by atoms with Gasteiger partial charge in [-0.3, -0.25) is 4.79 Å². The standard InChI is InChI=1S/C14H16N2O5S/c1-15-7-14(21-13(15)18)2-3-16(8-14)12(17)11-10-9(6-22-11)19-4-5-20-10/h6H,2-5,7-8H2,1H3/t14-/m1/s1. The number of carbonyl (C=O) groups excluding carboxylic acids is 2. The number of thiophene rings is 1. The Bertz CT molecular complexity index is 645. The third-order valence-corrected chi connectivity index (χ3v) is 5.17. The van der Waals surface area contributed by atoms with Gasteiger partial charge in [-0.1, -0.05) is 0 Å². The van der Waals surface area contributed by atoms with Gasteiger partial charge >= 0.3 is 6.09 Å². The third kappa shape index (κ3) is 2.01. The summed E-state index contributed by atoms with van der Waals surface area (Å²) in [4.78, 5) is 28.2. The Morgan fingerprint density at radius 1 is 1.32 bits per heavy atom. The van der Waals surface area contributed by atoms with E-state index in [0.29, 0.717) is 55.6 Å². The zero-order valence-electron chi connectivity index (χ0n) is 12.2. The molecule has 1 spiro atoms. The maximum atomic E-state index is 12.7. The van der Waals surface area contributed by atoms with Gasteiger partial charge in [-0.15, -0.1) is 11.3 Å². The second-order valence-corrected chi connectivity index (χ2v) is 6.72. The molecule has 0 radical (unpaired) electrons. The predicted molar refractivity (Wildman–Crippen MR) is 77.7 cm³/mol. The van der Waals surface area contributed by atoms with Crippen molar-refractivity contribution in [3.8, 4) is 11.5 Å². The smallest absolute Gasteiger partial charge is 0.410 e. The van der Waals surface area contributed by atoms with E-state index in [1.807, 2.05) is 0 Å². The van der Waals surface area contributed by atoms with E-state index in [-0.39, 0.29) is 12.0 Å². The van der Waals surface area contributed by atoms with Gasteiger partial charge in [0, 0.05) is 25.4 Å². The number of rotatable bonds is 1. The fourth-order valence-corrected chi connectivity index (χ4v) is 4.07. The van der Waals surface area contributed by atoms with Crippen molar-refractivity contribution in [3.63, 3.8) is 0 Å². The van der Waals surface area contributed by atoms with E-state index in [1.165, 1.54) is 11.3 Å². The lowest BCUT2D eigenvalue weighted by Crippen LogP contribution is -2.39. The second-order valence-electron chi connectivity index (χ2n) is 5.84. The highest BCUT2D eigenvalue weighted by Crippen LogP contribution is 2.41. The minimum atomic E-state index is -0.559. The normalized spacial score (nSPS) is 26.7. The highest BCUT2D eigenvalue weighted by Gasteiger charge is 2.50. The molecule has 2 fully saturated rings. The Hall–Kier alpha value is -1.96. The van der Waals surface area contributed by atoms with Crippen LogP contribution in [0.1, 0.15) is 16.1 Å². The summed E-state index contributed by atoms with van der Waals surface area (Å²) < 4.78 is 16.5. The van der Waals surface area contributed by atoms with Crippen molar-refractivity contribution in [2.24, 2.45) is 0 Å². The Balaban J connectivity index is 1.53. The van der Waals surface area contributed by atoms with Crippen LogP contribution < -0.4 is 9.47 Å². The summed E-state index contributed by atoms with van der Waals surface area (Å²) in [6.45, 7) is 2.49. The number of nitrogens with zero attached hydrogens (tertiary/aromatic N) is 2. The number of carbonyl (C=O) groups is 2. The van der Waals surface area contributed by atoms with E-state index < -0.39 is 5.60 Å². The van der Waals surface area contributed by atoms with Gasteiger partial charge in [0.1, 0.15) is 18.1 Å². The molecule has 0 aromatic carbocycles. The molecule has 0 unspecified atom stereocenters. The molecule has 2 amide bonds. The molecule has 3 aliphatic rings. The molecule has 0 aliphatic carbocycles. The summed E-state index contributed by atoms with van der Waals surface area (Å²) in [5.41, 5.74) is -0.559. The summed E-state index contributed by atoms with van der Waals surface area (Å²) in [5, 5.41) is 1.80. The van der Waals surface area contributed by atoms with Crippen LogP contribution >= 0.6 is 11.3 Å². The van der Waals surface area contributed by atoms with Crippen LogP contribution in [0.2, 0.25) is 0 Å². The fourth-order valence-electron chi connectivity index (χ4n) is 3.18. The van der Waals surface area contributed by atoms with Gasteiger partial charge in [-0.2, -0.15) is 0 Å². The molecule has 1 aromatic rings. The molecule has 3 aliphatic heterocycles. The number of hydrogen-bond acceptors (Lipinski definition) is 6. The number of amides is 2. The Morgan fingerprint density at radius 2 is 2.14 bits per heavy atom. The zero-order valence-corrected chi connectivity index (χ0v) is 13.0. The van der Waals surface area contributed by atoms with E-state index in [4.69, 9.17) is 14.2 Å². The molecule has 4 heterocycles. The minimum absolute atomic E-state index is 0.0840. The van der Waals surface area contributed by atoms with Gasteiger partial charge < -0.3 is 24.0 Å². The molecule has 2 saturated heterocycles. The summed E-state index contributed by atoms with van der Waals surface area (Å²) in [6.07, 6.45) is 0.347. The highest BCUT2D eigenvalue weighted by molar-refractivity contribution is 7.12. The first-order valence-electron chi connectivity index (χ1n) is 7.18. The lowest BCUT2D eigenvalue weighted by molar-refractivity contribution is 0.0552. The van der Waals surface area contributed by atoms with Crippen molar-refractivity contribution in [2.75, 3.05) is 39.9 Å².